The molecule has 0 aliphatic rings. The minimum atomic E-state index is -0.487. The Hall–Kier alpha value is -3.81. The summed E-state index contributed by atoms with van der Waals surface area (Å²) < 4.78 is 10.8. The first-order valence-corrected chi connectivity index (χ1v) is 8.12. The maximum absolute atomic E-state index is 11.6. The molecule has 1 heterocycles. The Bertz CT molecular complexity index is 978. The summed E-state index contributed by atoms with van der Waals surface area (Å²) in [5.41, 5.74) is 1.42. The fourth-order valence-electron chi connectivity index (χ4n) is 2.15. The van der Waals surface area contributed by atoms with Crippen molar-refractivity contribution < 1.29 is 18.9 Å². The fraction of sp³-hybridized carbons (Fsp3) is 0.105. The van der Waals surface area contributed by atoms with Gasteiger partial charge in [-0.25, -0.2) is 4.98 Å². The Balaban J connectivity index is 1.91. The molecule has 0 aliphatic heterocycles. The molecule has 0 unspecified atom stereocenters. The van der Waals surface area contributed by atoms with Crippen molar-refractivity contribution in [2.75, 3.05) is 0 Å². The lowest BCUT2D eigenvalue weighted by atomic mass is 10.2. The number of nitrogens with zero attached hydrogens (tertiary/aromatic N) is 3. The topological polar surface area (TPSA) is 108 Å². The Kier molecular flexibility index (Phi) is 5.36. The van der Waals surface area contributed by atoms with E-state index in [-0.39, 0.29) is 23.7 Å². The molecule has 0 N–H and O–H groups in total. The monoisotopic (exact) mass is 365 g/mol. The van der Waals surface area contributed by atoms with E-state index >= 15 is 0 Å². The zero-order valence-corrected chi connectivity index (χ0v) is 14.4. The first kappa shape index (κ1) is 18.0. The van der Waals surface area contributed by atoms with Gasteiger partial charge in [0.15, 0.2) is 5.69 Å². The fourth-order valence-corrected chi connectivity index (χ4v) is 2.15. The number of aromatic nitrogens is 1. The number of rotatable bonds is 6. The summed E-state index contributed by atoms with van der Waals surface area (Å²) in [6, 6.07) is 14.9. The Morgan fingerprint density at radius 3 is 2.56 bits per heavy atom. The van der Waals surface area contributed by atoms with Crippen LogP contribution in [0.5, 0.6) is 5.95 Å². The predicted octanol–water partition coefficient (Wildman–Crippen LogP) is 4.32. The molecule has 3 aromatic rings. The van der Waals surface area contributed by atoms with Gasteiger partial charge in [0.2, 0.25) is 5.89 Å². The van der Waals surface area contributed by atoms with Crippen molar-refractivity contribution in [3.8, 4) is 17.4 Å². The van der Waals surface area contributed by atoms with E-state index in [0.29, 0.717) is 11.6 Å². The smallest absolute Gasteiger partial charge is 0.322 e. The molecule has 0 spiro atoms. The molecule has 0 bridgehead atoms. The number of carbonyl (C=O) groups excluding carboxylic acids is 1. The number of nitro benzene ring substituents is 1. The number of hydrogen-bond acceptors (Lipinski definition) is 7. The van der Waals surface area contributed by atoms with Crippen molar-refractivity contribution >= 4 is 23.6 Å². The summed E-state index contributed by atoms with van der Waals surface area (Å²) in [6.45, 7) is 1.67. The zero-order valence-electron chi connectivity index (χ0n) is 14.4. The van der Waals surface area contributed by atoms with Gasteiger partial charge in [0.05, 0.1) is 16.8 Å². The lowest BCUT2D eigenvalue weighted by Crippen LogP contribution is -2.06. The number of ether oxygens (including phenoxy) is 1. The van der Waals surface area contributed by atoms with Gasteiger partial charge < -0.3 is 9.15 Å². The molecular formula is C19H15N3O5. The SMILES string of the molecule is CCC(=O)Oc1oc(-c2ccccc2)nc1C=Nc1ccc([N+](=O)[O-])cc1. The molecule has 0 amide bonds. The number of benzene rings is 2. The van der Waals surface area contributed by atoms with E-state index in [1.165, 1.54) is 30.5 Å². The van der Waals surface area contributed by atoms with Crippen LogP contribution in [0.25, 0.3) is 11.5 Å². The molecule has 0 atom stereocenters. The van der Waals surface area contributed by atoms with Gasteiger partial charge in [-0.1, -0.05) is 25.1 Å². The van der Waals surface area contributed by atoms with Crippen LogP contribution in [0.15, 0.2) is 64.0 Å². The molecule has 0 aliphatic carbocycles. The maximum atomic E-state index is 11.6. The third kappa shape index (κ3) is 4.43. The van der Waals surface area contributed by atoms with E-state index in [4.69, 9.17) is 9.15 Å². The summed E-state index contributed by atoms with van der Waals surface area (Å²) in [5.74, 6) is -0.221. The van der Waals surface area contributed by atoms with Crippen LogP contribution in [-0.4, -0.2) is 22.1 Å². The molecule has 8 heteroatoms. The number of esters is 1. The third-order valence-corrected chi connectivity index (χ3v) is 3.53. The number of nitro groups is 1. The van der Waals surface area contributed by atoms with Gasteiger partial charge in [-0.05, 0) is 24.3 Å². The minimum Gasteiger partial charge on any atom is -0.405 e. The van der Waals surface area contributed by atoms with Crippen molar-refractivity contribution in [3.63, 3.8) is 0 Å². The summed E-state index contributed by atoms with van der Waals surface area (Å²) in [5, 5.41) is 10.7. The second-order valence-corrected chi connectivity index (χ2v) is 5.42. The molecule has 0 saturated carbocycles. The van der Waals surface area contributed by atoms with E-state index in [9.17, 15) is 14.9 Å². The molecular weight excluding hydrogens is 350 g/mol. The highest BCUT2D eigenvalue weighted by Gasteiger charge is 2.17. The van der Waals surface area contributed by atoms with Crippen molar-refractivity contribution in [2.24, 2.45) is 4.99 Å². The van der Waals surface area contributed by atoms with Crippen LogP contribution in [0.2, 0.25) is 0 Å². The first-order valence-electron chi connectivity index (χ1n) is 8.12. The van der Waals surface area contributed by atoms with Gasteiger partial charge in [-0.2, -0.15) is 0 Å². The largest absolute Gasteiger partial charge is 0.405 e. The second kappa shape index (κ2) is 8.05. The van der Waals surface area contributed by atoms with E-state index in [1.807, 2.05) is 30.3 Å². The van der Waals surface area contributed by atoms with E-state index in [2.05, 4.69) is 9.98 Å². The van der Waals surface area contributed by atoms with Crippen molar-refractivity contribution in [1.82, 2.24) is 4.98 Å². The molecule has 0 saturated heterocycles. The molecule has 27 heavy (non-hydrogen) atoms. The average molecular weight is 365 g/mol. The summed E-state index contributed by atoms with van der Waals surface area (Å²) in [4.78, 5) is 30.4. The standard InChI is InChI=1S/C19H15N3O5/c1-2-17(23)26-19-16(21-18(27-19)13-6-4-3-5-7-13)12-20-14-8-10-15(11-9-14)22(24)25/h3-12H,2H2,1H3. The molecule has 8 nitrogen and oxygen atoms in total. The number of aliphatic imine (C=N–C) groups is 1. The van der Waals surface area contributed by atoms with Crippen molar-refractivity contribution in [2.45, 2.75) is 13.3 Å². The van der Waals surface area contributed by atoms with Crippen molar-refractivity contribution in [3.05, 3.63) is 70.4 Å². The van der Waals surface area contributed by atoms with Gasteiger partial charge in [0, 0.05) is 24.1 Å². The van der Waals surface area contributed by atoms with Gasteiger partial charge in [0.25, 0.3) is 5.69 Å². The molecule has 136 valence electrons. The van der Waals surface area contributed by atoms with Crippen LogP contribution < -0.4 is 4.74 Å². The maximum Gasteiger partial charge on any atom is 0.322 e. The molecule has 0 fully saturated rings. The van der Waals surface area contributed by atoms with Crippen LogP contribution in [0.3, 0.4) is 0 Å². The van der Waals surface area contributed by atoms with Gasteiger partial charge >= 0.3 is 11.9 Å². The van der Waals surface area contributed by atoms with Gasteiger partial charge in [0.1, 0.15) is 0 Å². The predicted molar refractivity (Wildman–Crippen MR) is 98.2 cm³/mol. The van der Waals surface area contributed by atoms with Gasteiger partial charge in [-0.3, -0.25) is 19.9 Å². The molecule has 0 radical (unpaired) electrons. The highest BCUT2D eigenvalue weighted by Crippen LogP contribution is 2.27. The van der Waals surface area contributed by atoms with E-state index < -0.39 is 10.9 Å². The quantitative estimate of drug-likeness (QED) is 0.279. The number of carbonyl (C=O) groups is 1. The summed E-state index contributed by atoms with van der Waals surface area (Å²) >= 11 is 0. The second-order valence-electron chi connectivity index (χ2n) is 5.42. The average Bonchev–Trinajstić information content (AvgIpc) is 3.10. The summed E-state index contributed by atoms with van der Waals surface area (Å²) in [7, 11) is 0. The lowest BCUT2D eigenvalue weighted by Gasteiger charge is -1.98. The minimum absolute atomic E-state index is 0.0284. The van der Waals surface area contributed by atoms with Crippen LogP contribution in [-0.2, 0) is 4.79 Å². The van der Waals surface area contributed by atoms with Crippen LogP contribution in [0, 0.1) is 10.1 Å². The Morgan fingerprint density at radius 2 is 1.93 bits per heavy atom. The normalized spacial score (nSPS) is 10.9. The number of non-ortho nitro benzene ring substituents is 1. The highest BCUT2D eigenvalue weighted by atomic mass is 16.6. The molecule has 2 aromatic carbocycles. The van der Waals surface area contributed by atoms with E-state index in [1.54, 1.807) is 6.92 Å². The third-order valence-electron chi connectivity index (χ3n) is 3.53. The lowest BCUT2D eigenvalue weighted by molar-refractivity contribution is -0.384. The van der Waals surface area contributed by atoms with Crippen LogP contribution in [0.4, 0.5) is 11.4 Å². The van der Waals surface area contributed by atoms with Crippen LogP contribution in [0.1, 0.15) is 19.0 Å². The Morgan fingerprint density at radius 1 is 1.22 bits per heavy atom. The number of oxazole rings is 1. The Labute approximate surface area is 154 Å². The van der Waals surface area contributed by atoms with E-state index in [0.717, 1.165) is 5.56 Å². The first-order chi connectivity index (χ1) is 13.1. The molecule has 3 rings (SSSR count). The molecule has 1 aromatic heterocycles. The highest BCUT2D eigenvalue weighted by molar-refractivity contribution is 5.84. The zero-order chi connectivity index (χ0) is 19.2. The van der Waals surface area contributed by atoms with Gasteiger partial charge in [-0.15, -0.1) is 0 Å². The summed E-state index contributed by atoms with van der Waals surface area (Å²) in [6.07, 6.45) is 1.57. The number of hydrogen-bond donors (Lipinski definition) is 0. The van der Waals surface area contributed by atoms with Crippen molar-refractivity contribution in [1.29, 1.82) is 0 Å². The van der Waals surface area contributed by atoms with Crippen LogP contribution >= 0.6 is 0 Å².